The zero-order valence-corrected chi connectivity index (χ0v) is 12.2. The maximum Gasteiger partial charge on any atom is 0.244 e. The summed E-state index contributed by atoms with van der Waals surface area (Å²) < 4.78 is 32.5. The number of anilines is 1. The SMILES string of the molecule is CC1(CNS(=O)(=O)c2c(N)cccc2Cl)CCCO1. The van der Waals surface area contributed by atoms with Crippen molar-refractivity contribution in [3.05, 3.63) is 23.2 Å². The third kappa shape index (κ3) is 3.20. The number of hydrogen-bond donors (Lipinski definition) is 2. The predicted molar refractivity (Wildman–Crippen MR) is 74.6 cm³/mol. The van der Waals surface area contributed by atoms with Gasteiger partial charge in [0.1, 0.15) is 4.90 Å². The molecule has 1 heterocycles. The Morgan fingerprint density at radius 1 is 1.53 bits per heavy atom. The molecular formula is C12H17ClN2O3S. The Balaban J connectivity index is 2.19. The van der Waals surface area contributed by atoms with E-state index in [2.05, 4.69) is 4.72 Å². The number of benzene rings is 1. The third-order valence-electron chi connectivity index (χ3n) is 3.20. The van der Waals surface area contributed by atoms with Crippen LogP contribution in [-0.2, 0) is 14.8 Å². The Bertz CT molecular complexity index is 548. The van der Waals surface area contributed by atoms with E-state index in [1.165, 1.54) is 12.1 Å². The normalized spacial score (nSPS) is 23.7. The molecule has 1 atom stereocenters. The van der Waals surface area contributed by atoms with Gasteiger partial charge >= 0.3 is 0 Å². The van der Waals surface area contributed by atoms with Gasteiger partial charge in [0.2, 0.25) is 10.0 Å². The molecular weight excluding hydrogens is 288 g/mol. The number of halogens is 1. The van der Waals surface area contributed by atoms with E-state index in [4.69, 9.17) is 22.1 Å². The number of nitrogens with one attached hydrogen (secondary N) is 1. The summed E-state index contributed by atoms with van der Waals surface area (Å²) in [5.41, 5.74) is 5.37. The highest BCUT2D eigenvalue weighted by Crippen LogP contribution is 2.28. The van der Waals surface area contributed by atoms with Crippen molar-refractivity contribution in [1.29, 1.82) is 0 Å². The van der Waals surface area contributed by atoms with Crippen LogP contribution in [0.1, 0.15) is 19.8 Å². The second-order valence-corrected chi connectivity index (χ2v) is 7.00. The zero-order valence-electron chi connectivity index (χ0n) is 10.6. The fraction of sp³-hybridized carbons (Fsp3) is 0.500. The van der Waals surface area contributed by atoms with Gasteiger partial charge in [-0.2, -0.15) is 0 Å². The van der Waals surface area contributed by atoms with Crippen molar-refractivity contribution in [2.75, 3.05) is 18.9 Å². The highest BCUT2D eigenvalue weighted by atomic mass is 35.5. The lowest BCUT2D eigenvalue weighted by molar-refractivity contribution is 0.0250. The van der Waals surface area contributed by atoms with E-state index < -0.39 is 15.6 Å². The molecule has 19 heavy (non-hydrogen) atoms. The van der Waals surface area contributed by atoms with E-state index in [0.29, 0.717) is 6.61 Å². The largest absolute Gasteiger partial charge is 0.398 e. The van der Waals surface area contributed by atoms with Gasteiger partial charge < -0.3 is 10.5 Å². The summed E-state index contributed by atoms with van der Waals surface area (Å²) in [5, 5.41) is 0.116. The summed E-state index contributed by atoms with van der Waals surface area (Å²) in [6.45, 7) is 2.75. The lowest BCUT2D eigenvalue weighted by atomic mass is 10.0. The molecule has 5 nitrogen and oxygen atoms in total. The molecule has 106 valence electrons. The first-order chi connectivity index (χ1) is 8.84. The molecule has 1 aliphatic rings. The molecule has 1 aliphatic heterocycles. The van der Waals surface area contributed by atoms with Crippen LogP contribution in [0, 0.1) is 0 Å². The monoisotopic (exact) mass is 304 g/mol. The van der Waals surface area contributed by atoms with Crippen molar-refractivity contribution >= 4 is 27.3 Å². The molecule has 0 aromatic heterocycles. The summed E-state index contributed by atoms with van der Waals surface area (Å²) in [6, 6.07) is 4.62. The van der Waals surface area contributed by atoms with Gasteiger partial charge in [0.25, 0.3) is 0 Å². The fourth-order valence-corrected chi connectivity index (χ4v) is 3.93. The van der Waals surface area contributed by atoms with Crippen LogP contribution < -0.4 is 10.5 Å². The van der Waals surface area contributed by atoms with Crippen molar-refractivity contribution in [2.24, 2.45) is 0 Å². The van der Waals surface area contributed by atoms with Crippen molar-refractivity contribution in [3.8, 4) is 0 Å². The number of ether oxygens (including phenoxy) is 1. The average Bonchev–Trinajstić information content (AvgIpc) is 2.74. The fourth-order valence-electron chi connectivity index (χ4n) is 2.11. The van der Waals surface area contributed by atoms with E-state index in [1.807, 2.05) is 6.92 Å². The Morgan fingerprint density at radius 2 is 2.26 bits per heavy atom. The molecule has 0 bridgehead atoms. The van der Waals surface area contributed by atoms with Crippen LogP contribution in [0.4, 0.5) is 5.69 Å². The van der Waals surface area contributed by atoms with Gasteiger partial charge in [-0.25, -0.2) is 13.1 Å². The van der Waals surface area contributed by atoms with Crippen LogP contribution in [0.25, 0.3) is 0 Å². The Kier molecular flexibility index (Phi) is 4.06. The summed E-state index contributed by atoms with van der Waals surface area (Å²) in [4.78, 5) is -0.0711. The third-order valence-corrected chi connectivity index (χ3v) is 5.15. The highest BCUT2D eigenvalue weighted by molar-refractivity contribution is 7.89. The summed E-state index contributed by atoms with van der Waals surface area (Å²) in [5.74, 6) is 0. The van der Waals surface area contributed by atoms with Gasteiger partial charge in [0.05, 0.1) is 16.3 Å². The van der Waals surface area contributed by atoms with Crippen LogP contribution in [0.2, 0.25) is 5.02 Å². The molecule has 1 unspecified atom stereocenters. The Hall–Kier alpha value is -0.820. The van der Waals surface area contributed by atoms with Crippen molar-refractivity contribution < 1.29 is 13.2 Å². The van der Waals surface area contributed by atoms with E-state index in [9.17, 15) is 8.42 Å². The first kappa shape index (κ1) is 14.6. The van der Waals surface area contributed by atoms with Crippen LogP contribution in [0.3, 0.4) is 0 Å². The second-order valence-electron chi connectivity index (χ2n) is 4.88. The van der Waals surface area contributed by atoms with Crippen LogP contribution in [-0.4, -0.2) is 27.2 Å². The molecule has 0 amide bonds. The molecule has 0 aliphatic carbocycles. The first-order valence-electron chi connectivity index (χ1n) is 6.02. The molecule has 1 aromatic carbocycles. The van der Waals surface area contributed by atoms with Crippen LogP contribution in [0.15, 0.2) is 23.1 Å². The molecule has 0 spiro atoms. The Morgan fingerprint density at radius 3 is 2.84 bits per heavy atom. The molecule has 1 saturated heterocycles. The minimum Gasteiger partial charge on any atom is -0.398 e. The molecule has 0 radical (unpaired) electrons. The summed E-state index contributed by atoms with van der Waals surface area (Å²) in [7, 11) is -3.73. The molecule has 1 aromatic rings. The van der Waals surface area contributed by atoms with Gasteiger partial charge in [-0.15, -0.1) is 0 Å². The number of sulfonamides is 1. The second kappa shape index (κ2) is 5.28. The van der Waals surface area contributed by atoms with Crippen molar-refractivity contribution in [1.82, 2.24) is 4.72 Å². The maximum absolute atomic E-state index is 12.2. The van der Waals surface area contributed by atoms with E-state index in [0.717, 1.165) is 12.8 Å². The minimum atomic E-state index is -3.73. The molecule has 0 saturated carbocycles. The standard InChI is InChI=1S/C12H17ClN2O3S/c1-12(6-3-7-18-12)8-15-19(16,17)11-9(13)4-2-5-10(11)14/h2,4-5,15H,3,6-8,14H2,1H3. The van der Waals surface area contributed by atoms with E-state index in [-0.39, 0.29) is 22.2 Å². The summed E-state index contributed by atoms with van der Waals surface area (Å²) in [6.07, 6.45) is 1.76. The van der Waals surface area contributed by atoms with Gasteiger partial charge in [-0.1, -0.05) is 17.7 Å². The molecule has 2 rings (SSSR count). The van der Waals surface area contributed by atoms with E-state index >= 15 is 0 Å². The predicted octanol–water partition coefficient (Wildman–Crippen LogP) is 1.77. The molecule has 7 heteroatoms. The van der Waals surface area contributed by atoms with Crippen LogP contribution in [0.5, 0.6) is 0 Å². The quantitative estimate of drug-likeness (QED) is 0.831. The maximum atomic E-state index is 12.2. The number of rotatable bonds is 4. The number of nitrogen functional groups attached to an aromatic ring is 1. The van der Waals surface area contributed by atoms with Crippen molar-refractivity contribution in [2.45, 2.75) is 30.3 Å². The van der Waals surface area contributed by atoms with Gasteiger partial charge in [-0.3, -0.25) is 0 Å². The first-order valence-corrected chi connectivity index (χ1v) is 7.88. The smallest absolute Gasteiger partial charge is 0.244 e. The van der Waals surface area contributed by atoms with Gasteiger partial charge in [-0.05, 0) is 31.9 Å². The summed E-state index contributed by atoms with van der Waals surface area (Å²) >= 11 is 5.91. The van der Waals surface area contributed by atoms with Gasteiger partial charge in [0, 0.05) is 13.2 Å². The minimum absolute atomic E-state index is 0.0711. The topological polar surface area (TPSA) is 81.4 Å². The number of nitrogens with two attached hydrogens (primary N) is 1. The highest BCUT2D eigenvalue weighted by Gasteiger charge is 2.32. The average molecular weight is 305 g/mol. The zero-order chi connectivity index (χ0) is 14.1. The van der Waals surface area contributed by atoms with Crippen molar-refractivity contribution in [3.63, 3.8) is 0 Å². The molecule has 1 fully saturated rings. The number of hydrogen-bond acceptors (Lipinski definition) is 4. The van der Waals surface area contributed by atoms with Gasteiger partial charge in [0.15, 0.2) is 0 Å². The Labute approximate surface area is 118 Å². The molecule has 3 N–H and O–H groups in total. The van der Waals surface area contributed by atoms with E-state index in [1.54, 1.807) is 6.07 Å². The van der Waals surface area contributed by atoms with Crippen LogP contribution >= 0.6 is 11.6 Å². The lowest BCUT2D eigenvalue weighted by Crippen LogP contribution is -2.40. The lowest BCUT2D eigenvalue weighted by Gasteiger charge is -2.23.